The highest BCUT2D eigenvalue weighted by molar-refractivity contribution is 4.81. The van der Waals surface area contributed by atoms with Crippen LogP contribution in [0, 0.1) is 0 Å². The topological polar surface area (TPSA) is 18.5 Å². The molecule has 0 radical (unpaired) electrons. The first-order chi connectivity index (χ1) is 7.38. The molecule has 0 unspecified atom stereocenters. The van der Waals surface area contributed by atoms with Crippen LogP contribution in [0.3, 0.4) is 0 Å². The molecule has 0 N–H and O–H groups in total. The number of quaternary nitrogens is 2. The minimum atomic E-state index is -0.445. The highest BCUT2D eigenvalue weighted by atomic mass is 16.8. The van der Waals surface area contributed by atoms with Gasteiger partial charge >= 0.3 is 0 Å². The van der Waals surface area contributed by atoms with Crippen LogP contribution in [0.4, 0.5) is 0 Å². The number of ether oxygens (including phenoxy) is 2. The third kappa shape index (κ3) is 5.34. The van der Waals surface area contributed by atoms with Gasteiger partial charge in [-0.2, -0.15) is 0 Å². The zero-order chi connectivity index (χ0) is 13.5. The van der Waals surface area contributed by atoms with Crippen molar-refractivity contribution in [3.63, 3.8) is 0 Å². The van der Waals surface area contributed by atoms with Crippen molar-refractivity contribution in [3.05, 3.63) is 0 Å². The van der Waals surface area contributed by atoms with Gasteiger partial charge in [-0.15, -0.1) is 0 Å². The summed E-state index contributed by atoms with van der Waals surface area (Å²) in [6, 6.07) is 0. The van der Waals surface area contributed by atoms with Crippen LogP contribution < -0.4 is 0 Å². The molecule has 1 rings (SSSR count). The van der Waals surface area contributed by atoms with Crippen LogP contribution in [0.1, 0.15) is 13.8 Å². The maximum Gasteiger partial charge on any atom is 0.164 e. The smallest absolute Gasteiger partial charge is 0.164 e. The lowest BCUT2D eigenvalue weighted by atomic mass is 10.1. The Labute approximate surface area is 106 Å². The Morgan fingerprint density at radius 1 is 0.765 bits per heavy atom. The second kappa shape index (κ2) is 4.50. The summed E-state index contributed by atoms with van der Waals surface area (Å²) < 4.78 is 13.9. The minimum Gasteiger partial charge on any atom is -0.338 e. The van der Waals surface area contributed by atoms with Gasteiger partial charge in [-0.25, -0.2) is 0 Å². The molecule has 0 aromatic carbocycles. The van der Waals surface area contributed by atoms with E-state index in [0.29, 0.717) is 0 Å². The Bertz CT molecular complexity index is 238. The maximum absolute atomic E-state index is 6.04. The SMILES string of the molecule is CC1(C)O[C@@H](C[N+](C)(C)C)[C@H](C[N+](C)(C)C)O1. The van der Waals surface area contributed by atoms with Gasteiger partial charge in [-0.05, 0) is 13.8 Å². The lowest BCUT2D eigenvalue weighted by molar-refractivity contribution is -0.881. The van der Waals surface area contributed by atoms with E-state index in [-0.39, 0.29) is 12.2 Å². The molecule has 4 nitrogen and oxygen atoms in total. The first kappa shape index (κ1) is 14.9. The van der Waals surface area contributed by atoms with Crippen molar-refractivity contribution < 1.29 is 18.4 Å². The van der Waals surface area contributed by atoms with E-state index in [4.69, 9.17) is 9.47 Å². The van der Waals surface area contributed by atoms with Crippen molar-refractivity contribution in [1.29, 1.82) is 0 Å². The normalized spacial score (nSPS) is 29.6. The van der Waals surface area contributed by atoms with E-state index in [2.05, 4.69) is 42.3 Å². The van der Waals surface area contributed by atoms with Crippen molar-refractivity contribution in [2.75, 3.05) is 55.4 Å². The summed E-state index contributed by atoms with van der Waals surface area (Å²) in [4.78, 5) is 0. The number of nitrogens with zero attached hydrogens (tertiary/aromatic N) is 2. The average Bonchev–Trinajstić information content (AvgIpc) is 2.17. The number of hydrogen-bond donors (Lipinski definition) is 0. The van der Waals surface area contributed by atoms with Gasteiger partial charge in [0.05, 0.1) is 42.3 Å². The highest BCUT2D eigenvalue weighted by Gasteiger charge is 2.45. The summed E-state index contributed by atoms with van der Waals surface area (Å²) in [6.07, 6.45) is 0.365. The molecule has 0 bridgehead atoms. The van der Waals surface area contributed by atoms with Gasteiger partial charge < -0.3 is 18.4 Å². The second-order valence-corrected chi connectivity index (χ2v) is 7.66. The number of likely N-dealkylation sites (N-methyl/N-ethyl adjacent to an activating group) is 2. The lowest BCUT2D eigenvalue weighted by Crippen LogP contribution is -2.50. The molecule has 102 valence electrons. The van der Waals surface area contributed by atoms with Crippen molar-refractivity contribution in [3.8, 4) is 0 Å². The molecule has 0 saturated carbocycles. The zero-order valence-corrected chi connectivity index (χ0v) is 12.8. The predicted octanol–water partition coefficient (Wildman–Crippen LogP) is 0.919. The lowest BCUT2D eigenvalue weighted by Gasteiger charge is -2.31. The summed E-state index contributed by atoms with van der Waals surface area (Å²) in [6.45, 7) is 5.97. The zero-order valence-electron chi connectivity index (χ0n) is 12.8. The molecule has 1 aliphatic rings. The van der Waals surface area contributed by atoms with Crippen LogP contribution in [0.2, 0.25) is 0 Å². The molecule has 4 heteroatoms. The summed E-state index contributed by atoms with van der Waals surface area (Å²) in [7, 11) is 13.2. The molecule has 0 amide bonds. The van der Waals surface area contributed by atoms with Crippen molar-refractivity contribution >= 4 is 0 Å². The van der Waals surface area contributed by atoms with Gasteiger partial charge in [0, 0.05) is 0 Å². The van der Waals surface area contributed by atoms with E-state index in [0.717, 1.165) is 22.1 Å². The van der Waals surface area contributed by atoms with Gasteiger partial charge in [0.15, 0.2) is 5.79 Å². The van der Waals surface area contributed by atoms with Gasteiger partial charge in [-0.3, -0.25) is 0 Å². The van der Waals surface area contributed by atoms with Crippen LogP contribution in [0.25, 0.3) is 0 Å². The fourth-order valence-corrected chi connectivity index (χ4v) is 2.30. The van der Waals surface area contributed by atoms with E-state index < -0.39 is 5.79 Å². The van der Waals surface area contributed by atoms with Gasteiger partial charge in [0.2, 0.25) is 0 Å². The third-order valence-electron chi connectivity index (χ3n) is 2.74. The second-order valence-electron chi connectivity index (χ2n) is 7.66. The van der Waals surface area contributed by atoms with Crippen LogP contribution in [-0.2, 0) is 9.47 Å². The Morgan fingerprint density at radius 2 is 1.06 bits per heavy atom. The van der Waals surface area contributed by atoms with Crippen molar-refractivity contribution in [2.24, 2.45) is 0 Å². The van der Waals surface area contributed by atoms with Crippen LogP contribution in [0.15, 0.2) is 0 Å². The minimum absolute atomic E-state index is 0.183. The summed E-state index contributed by atoms with van der Waals surface area (Å²) in [5, 5.41) is 0. The Balaban J connectivity index is 2.72. The first-order valence-electron chi connectivity index (χ1n) is 6.35. The first-order valence-corrected chi connectivity index (χ1v) is 6.35. The number of rotatable bonds is 4. The number of hydrogen-bond acceptors (Lipinski definition) is 2. The Hall–Kier alpha value is -0.160. The molecule has 1 aliphatic heterocycles. The third-order valence-corrected chi connectivity index (χ3v) is 2.74. The standard InChI is InChI=1S/C13H30N2O2/c1-13(2)16-11(9-14(3,4)5)12(17-13)10-15(6,7)8/h11-12H,9-10H2,1-8H3/q+2/t11-,12-/m0/s1. The summed E-state index contributed by atoms with van der Waals surface area (Å²) in [5.41, 5.74) is 0. The predicted molar refractivity (Wildman–Crippen MR) is 69.6 cm³/mol. The highest BCUT2D eigenvalue weighted by Crippen LogP contribution is 2.30. The fraction of sp³-hybridized carbons (Fsp3) is 1.00. The van der Waals surface area contributed by atoms with Crippen molar-refractivity contribution in [2.45, 2.75) is 31.8 Å². The fourth-order valence-electron chi connectivity index (χ4n) is 2.30. The molecule has 0 aromatic heterocycles. The molecule has 0 aromatic rings. The molecular formula is C13H30N2O2+2. The van der Waals surface area contributed by atoms with E-state index in [1.165, 1.54) is 0 Å². The van der Waals surface area contributed by atoms with Gasteiger partial charge in [-0.1, -0.05) is 0 Å². The molecule has 1 saturated heterocycles. The molecule has 2 atom stereocenters. The molecule has 1 heterocycles. The Kier molecular flexibility index (Phi) is 3.94. The van der Waals surface area contributed by atoms with E-state index >= 15 is 0 Å². The molecule has 0 aliphatic carbocycles. The van der Waals surface area contributed by atoms with Crippen LogP contribution >= 0.6 is 0 Å². The summed E-state index contributed by atoms with van der Waals surface area (Å²) in [5.74, 6) is -0.445. The maximum atomic E-state index is 6.04. The van der Waals surface area contributed by atoms with Gasteiger partial charge in [0.25, 0.3) is 0 Å². The van der Waals surface area contributed by atoms with Crippen molar-refractivity contribution in [1.82, 2.24) is 0 Å². The Morgan fingerprint density at radius 3 is 1.29 bits per heavy atom. The van der Waals surface area contributed by atoms with E-state index in [1.54, 1.807) is 0 Å². The largest absolute Gasteiger partial charge is 0.338 e. The van der Waals surface area contributed by atoms with Gasteiger partial charge in [0.1, 0.15) is 25.3 Å². The quantitative estimate of drug-likeness (QED) is 0.687. The van der Waals surface area contributed by atoms with E-state index in [1.807, 2.05) is 13.8 Å². The molecule has 17 heavy (non-hydrogen) atoms. The monoisotopic (exact) mass is 246 g/mol. The van der Waals surface area contributed by atoms with Crippen LogP contribution in [0.5, 0.6) is 0 Å². The molecular weight excluding hydrogens is 216 g/mol. The van der Waals surface area contributed by atoms with Crippen LogP contribution in [-0.4, -0.2) is 82.3 Å². The average molecular weight is 246 g/mol. The summed E-state index contributed by atoms with van der Waals surface area (Å²) >= 11 is 0. The molecule has 0 spiro atoms. The molecule has 1 fully saturated rings. The van der Waals surface area contributed by atoms with E-state index in [9.17, 15) is 0 Å².